The Morgan fingerprint density at radius 2 is 1.94 bits per heavy atom. The highest BCUT2D eigenvalue weighted by Crippen LogP contribution is 2.24. The van der Waals surface area contributed by atoms with Crippen molar-refractivity contribution in [3.05, 3.63) is 84.3 Å². The van der Waals surface area contributed by atoms with Gasteiger partial charge in [-0.1, -0.05) is 36.4 Å². The Labute approximate surface area is 184 Å². The van der Waals surface area contributed by atoms with E-state index in [0.29, 0.717) is 12.5 Å². The molecule has 0 saturated carbocycles. The molecule has 0 fully saturated rings. The number of imidazole rings is 1. The van der Waals surface area contributed by atoms with Gasteiger partial charge < -0.3 is 5.32 Å². The normalized spacial score (nSPS) is 13.5. The summed E-state index contributed by atoms with van der Waals surface area (Å²) in [4.78, 5) is 18.0. The van der Waals surface area contributed by atoms with Crippen LogP contribution in [0, 0.1) is 0 Å². The van der Waals surface area contributed by atoms with Gasteiger partial charge in [0.2, 0.25) is 5.95 Å². The first-order valence-electron chi connectivity index (χ1n) is 10.0. The van der Waals surface area contributed by atoms with Crippen molar-refractivity contribution in [2.24, 2.45) is 4.99 Å². The first-order chi connectivity index (χ1) is 15.3. The van der Waals surface area contributed by atoms with Gasteiger partial charge >= 0.3 is 0 Å². The summed E-state index contributed by atoms with van der Waals surface area (Å²) >= 11 is 5.92. The average molecular weight is 430 g/mol. The van der Waals surface area contributed by atoms with Gasteiger partial charge in [0.25, 0.3) is 0 Å². The summed E-state index contributed by atoms with van der Waals surface area (Å²) in [5.74, 6) is 1.36. The van der Waals surface area contributed by atoms with Gasteiger partial charge in [-0.2, -0.15) is 4.98 Å². The Morgan fingerprint density at radius 3 is 2.77 bits per heavy atom. The molecule has 1 aliphatic rings. The molecule has 1 aliphatic heterocycles. The van der Waals surface area contributed by atoms with Crippen LogP contribution in [0.3, 0.4) is 0 Å². The summed E-state index contributed by atoms with van der Waals surface area (Å²) in [7, 11) is 0. The fourth-order valence-corrected chi connectivity index (χ4v) is 3.59. The molecule has 31 heavy (non-hydrogen) atoms. The number of nitrogens with zero attached hydrogens (tertiary/aromatic N) is 6. The minimum atomic E-state index is 0.597. The molecule has 0 bridgehead atoms. The van der Waals surface area contributed by atoms with Crippen LogP contribution >= 0.6 is 11.8 Å². The van der Waals surface area contributed by atoms with E-state index in [1.54, 1.807) is 18.9 Å². The van der Waals surface area contributed by atoms with Gasteiger partial charge in [-0.15, -0.1) is 0 Å². The van der Waals surface area contributed by atoms with Crippen LogP contribution in [0.25, 0.3) is 22.5 Å². The Kier molecular flexibility index (Phi) is 5.33. The maximum atomic E-state index is 5.92. The van der Waals surface area contributed by atoms with E-state index < -0.39 is 0 Å². The number of benzene rings is 2. The second kappa shape index (κ2) is 8.57. The van der Waals surface area contributed by atoms with Crippen LogP contribution in [0.15, 0.2) is 78.2 Å². The largest absolute Gasteiger partial charge is 0.354 e. The lowest BCUT2D eigenvalue weighted by atomic mass is 10.1. The second-order valence-electron chi connectivity index (χ2n) is 7.14. The van der Waals surface area contributed by atoms with E-state index in [9.17, 15) is 0 Å². The summed E-state index contributed by atoms with van der Waals surface area (Å²) in [6.45, 7) is 1.38. The van der Waals surface area contributed by atoms with Crippen LogP contribution in [0.4, 0.5) is 5.95 Å². The molecule has 5 rings (SSSR count). The van der Waals surface area contributed by atoms with Crippen LogP contribution in [0.5, 0.6) is 0 Å². The lowest BCUT2D eigenvalue weighted by Crippen LogP contribution is -2.12. The molecule has 154 valence electrons. The van der Waals surface area contributed by atoms with Gasteiger partial charge in [-0.3, -0.25) is 8.99 Å². The van der Waals surface area contributed by atoms with Gasteiger partial charge in [-0.05, 0) is 36.3 Å². The number of hydrogen-bond acceptors (Lipinski definition) is 6. The quantitative estimate of drug-likeness (QED) is 0.462. The highest BCUT2D eigenvalue weighted by Gasteiger charge is 2.11. The number of halogens is 1. The third-order valence-corrected chi connectivity index (χ3v) is 5.28. The first-order valence-corrected chi connectivity index (χ1v) is 10.4. The topological polar surface area (TPSA) is 71.2 Å². The van der Waals surface area contributed by atoms with Crippen molar-refractivity contribution in [3.63, 3.8) is 0 Å². The maximum absolute atomic E-state index is 5.92. The molecule has 3 heterocycles. The van der Waals surface area contributed by atoms with Crippen LogP contribution in [-0.4, -0.2) is 43.4 Å². The second-order valence-corrected chi connectivity index (χ2v) is 7.57. The molecule has 0 radical (unpaired) electrons. The Balaban J connectivity index is 1.34. The van der Waals surface area contributed by atoms with Gasteiger partial charge in [0.1, 0.15) is 18.5 Å². The zero-order chi connectivity index (χ0) is 21.0. The van der Waals surface area contributed by atoms with Gasteiger partial charge in [-0.25, -0.2) is 15.0 Å². The minimum Gasteiger partial charge on any atom is -0.354 e. The molecule has 0 amide bonds. The van der Waals surface area contributed by atoms with Crippen molar-refractivity contribution in [2.75, 3.05) is 18.4 Å². The van der Waals surface area contributed by atoms with E-state index in [-0.39, 0.29) is 0 Å². The molecule has 2 aromatic carbocycles. The van der Waals surface area contributed by atoms with E-state index >= 15 is 0 Å². The van der Waals surface area contributed by atoms with Crippen LogP contribution in [0.2, 0.25) is 0 Å². The fourth-order valence-electron chi connectivity index (χ4n) is 3.48. The molecular formula is C23H20ClN7. The van der Waals surface area contributed by atoms with Crippen LogP contribution < -0.4 is 5.32 Å². The van der Waals surface area contributed by atoms with Crippen LogP contribution in [-0.2, 0) is 6.42 Å². The molecular weight excluding hydrogens is 410 g/mol. The van der Waals surface area contributed by atoms with E-state index in [2.05, 4.69) is 37.4 Å². The third kappa shape index (κ3) is 4.27. The van der Waals surface area contributed by atoms with E-state index in [0.717, 1.165) is 41.1 Å². The van der Waals surface area contributed by atoms with E-state index in [4.69, 9.17) is 11.8 Å². The maximum Gasteiger partial charge on any atom is 0.224 e. The van der Waals surface area contributed by atoms with E-state index in [1.165, 1.54) is 9.98 Å². The van der Waals surface area contributed by atoms with Crippen molar-refractivity contribution in [1.29, 1.82) is 0 Å². The number of fused-ring (bicyclic) bond motifs is 1. The molecule has 0 unspecified atom stereocenters. The van der Waals surface area contributed by atoms with Gasteiger partial charge in [0, 0.05) is 30.1 Å². The highest BCUT2D eigenvalue weighted by molar-refractivity contribution is 6.19. The molecule has 4 aromatic rings. The van der Waals surface area contributed by atoms with E-state index in [1.807, 2.05) is 53.1 Å². The standard InChI is InChI=1S/C23H20ClN7/c24-30-13-10-19(27-15-30)18-6-7-21-20(14-18)28-16-31(21)22-9-12-26-23(29-22)25-11-8-17-4-2-1-3-5-17/h1-7,9-10,12,14-16H,8,11,13H2,(H,25,26,29). The Bertz CT molecular complexity index is 1260. The molecule has 1 N–H and O–H groups in total. The summed E-state index contributed by atoms with van der Waals surface area (Å²) in [6.07, 6.45) is 8.05. The molecule has 0 saturated heterocycles. The lowest BCUT2D eigenvalue weighted by Gasteiger charge is -2.13. The summed E-state index contributed by atoms with van der Waals surface area (Å²) in [6, 6.07) is 18.3. The zero-order valence-electron chi connectivity index (χ0n) is 16.7. The third-order valence-electron chi connectivity index (χ3n) is 5.05. The van der Waals surface area contributed by atoms with Gasteiger partial charge in [0.15, 0.2) is 0 Å². The number of aromatic nitrogens is 4. The molecule has 0 spiro atoms. The highest BCUT2D eigenvalue weighted by atomic mass is 35.5. The molecule has 7 nitrogen and oxygen atoms in total. The van der Waals surface area contributed by atoms with Crippen molar-refractivity contribution in [3.8, 4) is 5.82 Å². The van der Waals surface area contributed by atoms with Crippen molar-refractivity contribution in [1.82, 2.24) is 23.9 Å². The molecule has 0 aliphatic carbocycles. The van der Waals surface area contributed by atoms with Crippen molar-refractivity contribution < 1.29 is 0 Å². The predicted octanol–water partition coefficient (Wildman–Crippen LogP) is 4.31. The van der Waals surface area contributed by atoms with Gasteiger partial charge in [0.05, 0.1) is 23.3 Å². The summed E-state index contributed by atoms with van der Waals surface area (Å²) in [5, 5.41) is 3.31. The number of rotatable bonds is 6. The lowest BCUT2D eigenvalue weighted by molar-refractivity contribution is 0.751. The van der Waals surface area contributed by atoms with Crippen molar-refractivity contribution >= 4 is 40.8 Å². The Morgan fingerprint density at radius 1 is 1.03 bits per heavy atom. The Hall–Kier alpha value is -3.71. The smallest absolute Gasteiger partial charge is 0.224 e. The summed E-state index contributed by atoms with van der Waals surface area (Å²) < 4.78 is 3.47. The number of nitrogens with one attached hydrogen (secondary N) is 1. The number of aliphatic imine (C=N–C) groups is 1. The minimum absolute atomic E-state index is 0.597. The molecule has 0 atom stereocenters. The monoisotopic (exact) mass is 429 g/mol. The first kappa shape index (κ1) is 19.3. The molecule has 8 heteroatoms. The van der Waals surface area contributed by atoms with Crippen LogP contribution in [0.1, 0.15) is 11.1 Å². The average Bonchev–Trinajstić information content (AvgIpc) is 3.24. The number of hydrogen-bond donors (Lipinski definition) is 1. The number of anilines is 1. The van der Waals surface area contributed by atoms with Crippen molar-refractivity contribution in [2.45, 2.75) is 6.42 Å². The SMILES string of the molecule is ClN1C=NC(c2ccc3c(c2)ncn3-c2ccnc(NCCc3ccccc3)n2)=CC1. The predicted molar refractivity (Wildman–Crippen MR) is 124 cm³/mol. The zero-order valence-corrected chi connectivity index (χ0v) is 17.4. The summed E-state index contributed by atoms with van der Waals surface area (Å²) in [5.41, 5.74) is 5.01. The fraction of sp³-hybridized carbons (Fsp3) is 0.130. The molecule has 2 aromatic heterocycles.